The van der Waals surface area contributed by atoms with Gasteiger partial charge in [0.25, 0.3) is 5.91 Å². The molecule has 1 saturated carbocycles. The van der Waals surface area contributed by atoms with Gasteiger partial charge in [-0.1, -0.05) is 0 Å². The van der Waals surface area contributed by atoms with Crippen molar-refractivity contribution in [1.29, 1.82) is 0 Å². The molecule has 4 heteroatoms. The lowest BCUT2D eigenvalue weighted by Gasteiger charge is -2.30. The van der Waals surface area contributed by atoms with Gasteiger partial charge in [-0.3, -0.25) is 4.79 Å². The first-order chi connectivity index (χ1) is 9.52. The van der Waals surface area contributed by atoms with Crippen molar-refractivity contribution < 1.29 is 4.79 Å². The van der Waals surface area contributed by atoms with E-state index in [4.69, 9.17) is 5.73 Å². The third kappa shape index (κ3) is 3.44. The summed E-state index contributed by atoms with van der Waals surface area (Å²) in [6.07, 6.45) is 2.64. The Morgan fingerprint density at radius 1 is 1.45 bits per heavy atom. The number of benzene rings is 1. The first-order valence-corrected chi connectivity index (χ1v) is 7.47. The summed E-state index contributed by atoms with van der Waals surface area (Å²) in [7, 11) is 0. The highest BCUT2D eigenvalue weighted by Gasteiger charge is 2.26. The zero-order chi connectivity index (χ0) is 14.7. The predicted octanol–water partition coefficient (Wildman–Crippen LogP) is 2.64. The monoisotopic (exact) mass is 275 g/mol. The van der Waals surface area contributed by atoms with Crippen LogP contribution < -0.4 is 16.0 Å². The van der Waals surface area contributed by atoms with E-state index in [1.54, 1.807) is 6.07 Å². The fourth-order valence-corrected chi connectivity index (χ4v) is 2.39. The summed E-state index contributed by atoms with van der Waals surface area (Å²) in [6.45, 7) is 7.95. The number of nitrogen functional groups attached to an aromatic ring is 1. The fraction of sp³-hybridized carbons (Fsp3) is 0.562. The molecule has 0 heterocycles. The molecule has 0 unspecified atom stereocenters. The summed E-state index contributed by atoms with van der Waals surface area (Å²) in [4.78, 5) is 14.2. The van der Waals surface area contributed by atoms with Gasteiger partial charge >= 0.3 is 0 Å². The number of hydrogen-bond donors (Lipinski definition) is 2. The first-order valence-electron chi connectivity index (χ1n) is 7.47. The maximum Gasteiger partial charge on any atom is 0.251 e. The van der Waals surface area contributed by atoms with E-state index in [1.165, 1.54) is 12.8 Å². The van der Waals surface area contributed by atoms with Gasteiger partial charge in [0.1, 0.15) is 0 Å². The average Bonchev–Trinajstić information content (AvgIpc) is 3.20. The zero-order valence-corrected chi connectivity index (χ0v) is 12.6. The van der Waals surface area contributed by atoms with E-state index in [-0.39, 0.29) is 5.91 Å². The molecule has 110 valence electrons. The van der Waals surface area contributed by atoms with Crippen molar-refractivity contribution in [3.8, 4) is 0 Å². The zero-order valence-electron chi connectivity index (χ0n) is 12.6. The Morgan fingerprint density at radius 2 is 2.15 bits per heavy atom. The van der Waals surface area contributed by atoms with Crippen LogP contribution in [0.25, 0.3) is 0 Å². The van der Waals surface area contributed by atoms with Crippen molar-refractivity contribution in [3.63, 3.8) is 0 Å². The summed E-state index contributed by atoms with van der Waals surface area (Å²) >= 11 is 0. The summed E-state index contributed by atoms with van der Waals surface area (Å²) in [5.74, 6) is 0.740. The number of rotatable bonds is 6. The van der Waals surface area contributed by atoms with E-state index in [9.17, 15) is 4.79 Å². The Morgan fingerprint density at radius 3 is 2.65 bits per heavy atom. The summed E-state index contributed by atoms with van der Waals surface area (Å²) in [5.41, 5.74) is 8.52. The van der Waals surface area contributed by atoms with Crippen LogP contribution in [0.2, 0.25) is 0 Å². The lowest BCUT2D eigenvalue weighted by atomic mass is 10.1. The van der Waals surface area contributed by atoms with Crippen LogP contribution in [0.4, 0.5) is 11.4 Å². The van der Waals surface area contributed by atoms with Crippen LogP contribution in [0.5, 0.6) is 0 Å². The third-order valence-corrected chi connectivity index (χ3v) is 3.71. The lowest BCUT2D eigenvalue weighted by molar-refractivity contribution is 0.0956. The van der Waals surface area contributed by atoms with Gasteiger partial charge in [-0.15, -0.1) is 0 Å². The topological polar surface area (TPSA) is 58.4 Å². The van der Waals surface area contributed by atoms with Crippen molar-refractivity contribution in [2.75, 3.05) is 23.7 Å². The fourth-order valence-electron chi connectivity index (χ4n) is 2.39. The number of amides is 1. The highest BCUT2D eigenvalue weighted by molar-refractivity contribution is 5.96. The van der Waals surface area contributed by atoms with Gasteiger partial charge in [-0.05, 0) is 57.7 Å². The Bertz CT molecular complexity index is 481. The molecule has 0 saturated heterocycles. The molecule has 4 nitrogen and oxygen atoms in total. The van der Waals surface area contributed by atoms with Gasteiger partial charge in [-0.2, -0.15) is 0 Å². The van der Waals surface area contributed by atoms with Gasteiger partial charge in [0, 0.05) is 24.7 Å². The Balaban J connectivity index is 2.20. The van der Waals surface area contributed by atoms with Crippen molar-refractivity contribution >= 4 is 17.3 Å². The van der Waals surface area contributed by atoms with Crippen LogP contribution in [0, 0.1) is 5.92 Å². The normalized spacial score (nSPS) is 14.4. The minimum absolute atomic E-state index is 0.0657. The Hall–Kier alpha value is -1.71. The molecule has 0 aliphatic heterocycles. The maximum atomic E-state index is 11.8. The van der Waals surface area contributed by atoms with Crippen LogP contribution in [0.15, 0.2) is 18.2 Å². The largest absolute Gasteiger partial charge is 0.397 e. The molecule has 0 spiro atoms. The standard InChI is InChI=1S/C16H25N3O/c1-4-18-16(20)13-7-8-15(14(17)9-13)19(11(2)3)10-12-5-6-12/h7-9,11-12H,4-6,10,17H2,1-3H3,(H,18,20). The highest BCUT2D eigenvalue weighted by atomic mass is 16.1. The molecule has 1 aromatic rings. The first kappa shape index (κ1) is 14.7. The van der Waals surface area contributed by atoms with Gasteiger partial charge in [-0.25, -0.2) is 0 Å². The molecule has 1 fully saturated rings. The number of nitrogens with one attached hydrogen (secondary N) is 1. The molecular weight excluding hydrogens is 250 g/mol. The van der Waals surface area contributed by atoms with Crippen molar-refractivity contribution in [2.45, 2.75) is 39.7 Å². The molecule has 1 aromatic carbocycles. The summed E-state index contributed by atoms with van der Waals surface area (Å²) in [6, 6.07) is 6.03. The number of hydrogen-bond acceptors (Lipinski definition) is 3. The minimum Gasteiger partial charge on any atom is -0.397 e. The van der Waals surface area contributed by atoms with Crippen molar-refractivity contribution in [3.05, 3.63) is 23.8 Å². The van der Waals surface area contributed by atoms with Gasteiger partial charge in [0.05, 0.1) is 11.4 Å². The predicted molar refractivity (Wildman–Crippen MR) is 84.1 cm³/mol. The second kappa shape index (κ2) is 6.16. The van der Waals surface area contributed by atoms with Crippen LogP contribution in [-0.2, 0) is 0 Å². The average molecular weight is 275 g/mol. The second-order valence-electron chi connectivity index (χ2n) is 5.82. The molecular formula is C16H25N3O. The van der Waals surface area contributed by atoms with E-state index in [2.05, 4.69) is 24.1 Å². The van der Waals surface area contributed by atoms with Crippen molar-refractivity contribution in [1.82, 2.24) is 5.32 Å². The quantitative estimate of drug-likeness (QED) is 0.785. The van der Waals surface area contributed by atoms with E-state index >= 15 is 0 Å². The number of carbonyl (C=O) groups excluding carboxylic acids is 1. The van der Waals surface area contributed by atoms with Gasteiger partial charge in [0.15, 0.2) is 0 Å². The second-order valence-corrected chi connectivity index (χ2v) is 5.82. The number of nitrogens with zero attached hydrogens (tertiary/aromatic N) is 1. The number of anilines is 2. The van der Waals surface area contributed by atoms with E-state index < -0.39 is 0 Å². The molecule has 1 aliphatic rings. The molecule has 0 aromatic heterocycles. The highest BCUT2D eigenvalue weighted by Crippen LogP contribution is 2.34. The molecule has 0 atom stereocenters. The molecule has 1 amide bonds. The van der Waals surface area contributed by atoms with E-state index in [1.807, 2.05) is 19.1 Å². The molecule has 3 N–H and O–H groups in total. The van der Waals surface area contributed by atoms with Gasteiger partial charge < -0.3 is 16.0 Å². The van der Waals surface area contributed by atoms with Crippen LogP contribution >= 0.6 is 0 Å². The number of carbonyl (C=O) groups is 1. The van der Waals surface area contributed by atoms with Crippen LogP contribution in [-0.4, -0.2) is 25.0 Å². The van der Waals surface area contributed by atoms with E-state index in [0.29, 0.717) is 23.8 Å². The molecule has 2 rings (SSSR count). The smallest absolute Gasteiger partial charge is 0.251 e. The number of nitrogens with two attached hydrogens (primary N) is 1. The molecule has 20 heavy (non-hydrogen) atoms. The summed E-state index contributed by atoms with van der Waals surface area (Å²) in [5, 5.41) is 2.79. The van der Waals surface area contributed by atoms with Crippen LogP contribution in [0.1, 0.15) is 44.0 Å². The van der Waals surface area contributed by atoms with E-state index in [0.717, 1.165) is 18.2 Å². The molecule has 0 bridgehead atoms. The lowest BCUT2D eigenvalue weighted by Crippen LogP contribution is -2.33. The molecule has 0 radical (unpaired) electrons. The Labute approximate surface area is 121 Å². The van der Waals surface area contributed by atoms with Crippen molar-refractivity contribution in [2.24, 2.45) is 5.92 Å². The van der Waals surface area contributed by atoms with Gasteiger partial charge in [0.2, 0.25) is 0 Å². The Kier molecular flexibility index (Phi) is 4.53. The minimum atomic E-state index is -0.0657. The molecule has 1 aliphatic carbocycles. The maximum absolute atomic E-state index is 11.8. The van der Waals surface area contributed by atoms with Crippen LogP contribution in [0.3, 0.4) is 0 Å². The third-order valence-electron chi connectivity index (χ3n) is 3.71. The summed E-state index contributed by atoms with van der Waals surface area (Å²) < 4.78 is 0. The SMILES string of the molecule is CCNC(=O)c1ccc(N(CC2CC2)C(C)C)c(N)c1.